The average molecular weight is 225 g/mol. The van der Waals surface area contributed by atoms with Gasteiger partial charge in [-0.2, -0.15) is 0 Å². The fourth-order valence-electron chi connectivity index (χ4n) is 0.881. The highest BCUT2D eigenvalue weighted by atomic mass is 32.1. The van der Waals surface area contributed by atoms with E-state index in [0.29, 0.717) is 5.69 Å². The van der Waals surface area contributed by atoms with Crippen molar-refractivity contribution in [1.82, 2.24) is 9.97 Å². The lowest BCUT2D eigenvalue weighted by Crippen LogP contribution is -2.10. The number of rotatable bonds is 3. The van der Waals surface area contributed by atoms with E-state index in [1.54, 1.807) is 13.0 Å². The molecule has 5 nitrogen and oxygen atoms in total. The molecule has 0 spiro atoms. The first-order valence-corrected chi connectivity index (χ1v) is 4.73. The zero-order valence-corrected chi connectivity index (χ0v) is 9.07. The molecule has 0 bridgehead atoms. The normalized spacial score (nSPS) is 11.9. The number of aromatic nitrogens is 2. The van der Waals surface area contributed by atoms with Crippen molar-refractivity contribution in [2.24, 2.45) is 5.73 Å². The summed E-state index contributed by atoms with van der Waals surface area (Å²) in [6.07, 6.45) is 2.87. The summed E-state index contributed by atoms with van der Waals surface area (Å²) in [6, 6.07) is 1.59. The molecule has 0 amide bonds. The zero-order valence-electron chi connectivity index (χ0n) is 8.17. The molecule has 0 saturated carbocycles. The first kappa shape index (κ1) is 11.5. The highest BCUT2D eigenvalue weighted by Gasteiger charge is 2.12. The number of hydrogen-bond acceptors (Lipinski definition) is 6. The van der Waals surface area contributed by atoms with Gasteiger partial charge in [0.15, 0.2) is 0 Å². The Bertz CT molecular complexity index is 378. The molecule has 0 saturated heterocycles. The van der Waals surface area contributed by atoms with Gasteiger partial charge in [-0.05, 0) is 13.0 Å². The lowest BCUT2D eigenvalue weighted by atomic mass is 10.3. The molecular weight excluding hydrogens is 214 g/mol. The standard InChI is InChI=1S/C9H11N3O2S/c1-2-14-9(13)8(15)7(10)6-3-4-11-5-12-6/h3-5,15H,2,10H2,1H3/b8-7-. The molecule has 0 unspecified atom stereocenters. The van der Waals surface area contributed by atoms with Crippen LogP contribution in [0.5, 0.6) is 0 Å². The molecule has 1 aromatic heterocycles. The van der Waals surface area contributed by atoms with Crippen molar-refractivity contribution in [1.29, 1.82) is 0 Å². The van der Waals surface area contributed by atoms with Crippen molar-refractivity contribution < 1.29 is 9.53 Å². The van der Waals surface area contributed by atoms with Crippen LogP contribution in [-0.4, -0.2) is 22.5 Å². The Labute approximate surface area is 92.8 Å². The Morgan fingerprint density at radius 3 is 2.93 bits per heavy atom. The van der Waals surface area contributed by atoms with E-state index in [-0.39, 0.29) is 17.2 Å². The Morgan fingerprint density at radius 1 is 1.67 bits per heavy atom. The van der Waals surface area contributed by atoms with Gasteiger partial charge in [0.05, 0.1) is 18.0 Å². The number of thiol groups is 1. The maximum absolute atomic E-state index is 11.3. The minimum atomic E-state index is -0.558. The molecule has 6 heteroatoms. The van der Waals surface area contributed by atoms with Gasteiger partial charge in [0.25, 0.3) is 0 Å². The van der Waals surface area contributed by atoms with Gasteiger partial charge in [-0.15, -0.1) is 12.6 Å². The topological polar surface area (TPSA) is 78.1 Å². The molecule has 0 aliphatic carbocycles. The number of carbonyl (C=O) groups excluding carboxylic acids is 1. The van der Waals surface area contributed by atoms with Crippen molar-refractivity contribution in [3.63, 3.8) is 0 Å². The van der Waals surface area contributed by atoms with Crippen LogP contribution in [0.3, 0.4) is 0 Å². The average Bonchev–Trinajstić information content (AvgIpc) is 2.28. The quantitative estimate of drug-likeness (QED) is 0.447. The minimum Gasteiger partial charge on any atom is -0.462 e. The zero-order chi connectivity index (χ0) is 11.3. The number of hydrogen-bond donors (Lipinski definition) is 2. The van der Waals surface area contributed by atoms with Gasteiger partial charge in [-0.3, -0.25) is 0 Å². The largest absolute Gasteiger partial charge is 0.462 e. The van der Waals surface area contributed by atoms with Crippen LogP contribution in [-0.2, 0) is 9.53 Å². The summed E-state index contributed by atoms with van der Waals surface area (Å²) in [5, 5.41) is 0. The van der Waals surface area contributed by atoms with Crippen LogP contribution < -0.4 is 5.73 Å². The maximum Gasteiger partial charge on any atom is 0.346 e. The number of ether oxygens (including phenoxy) is 1. The predicted octanol–water partition coefficient (Wildman–Crippen LogP) is 0.597. The lowest BCUT2D eigenvalue weighted by molar-refractivity contribution is -0.137. The van der Waals surface area contributed by atoms with E-state index in [1.807, 2.05) is 0 Å². The van der Waals surface area contributed by atoms with Crippen LogP contribution in [0, 0.1) is 0 Å². The van der Waals surface area contributed by atoms with E-state index in [2.05, 4.69) is 22.6 Å². The van der Waals surface area contributed by atoms with Crippen LogP contribution in [0.25, 0.3) is 5.70 Å². The highest BCUT2D eigenvalue weighted by molar-refractivity contribution is 7.85. The molecule has 0 aliphatic heterocycles. The van der Waals surface area contributed by atoms with Crippen LogP contribution >= 0.6 is 12.6 Å². The maximum atomic E-state index is 11.3. The Kier molecular flexibility index (Phi) is 4.11. The van der Waals surface area contributed by atoms with E-state index in [4.69, 9.17) is 10.5 Å². The van der Waals surface area contributed by atoms with Gasteiger partial charge in [0, 0.05) is 6.20 Å². The summed E-state index contributed by atoms with van der Waals surface area (Å²) in [5.41, 5.74) is 6.31. The van der Waals surface area contributed by atoms with Crippen LogP contribution in [0.4, 0.5) is 0 Å². The third-order valence-electron chi connectivity index (χ3n) is 1.58. The van der Waals surface area contributed by atoms with Gasteiger partial charge in [0.2, 0.25) is 0 Å². The fourth-order valence-corrected chi connectivity index (χ4v) is 1.06. The molecule has 0 fully saturated rings. The summed E-state index contributed by atoms with van der Waals surface area (Å²) in [5.74, 6) is -0.558. The molecule has 0 atom stereocenters. The second-order valence-electron chi connectivity index (χ2n) is 2.58. The van der Waals surface area contributed by atoms with Crippen LogP contribution in [0.15, 0.2) is 23.5 Å². The molecule has 15 heavy (non-hydrogen) atoms. The van der Waals surface area contributed by atoms with Crippen molar-refractivity contribution in [3.8, 4) is 0 Å². The summed E-state index contributed by atoms with van der Waals surface area (Å²) in [7, 11) is 0. The first-order valence-electron chi connectivity index (χ1n) is 4.29. The molecule has 1 rings (SSSR count). The van der Waals surface area contributed by atoms with Crippen molar-refractivity contribution in [2.45, 2.75) is 6.92 Å². The van der Waals surface area contributed by atoms with Gasteiger partial charge >= 0.3 is 5.97 Å². The molecule has 0 aliphatic rings. The highest BCUT2D eigenvalue weighted by Crippen LogP contribution is 2.14. The van der Waals surface area contributed by atoms with E-state index < -0.39 is 5.97 Å². The summed E-state index contributed by atoms with van der Waals surface area (Å²) in [4.78, 5) is 19.0. The van der Waals surface area contributed by atoms with E-state index in [1.165, 1.54) is 12.5 Å². The smallest absolute Gasteiger partial charge is 0.346 e. The van der Waals surface area contributed by atoms with E-state index in [9.17, 15) is 4.79 Å². The van der Waals surface area contributed by atoms with Crippen LogP contribution in [0.2, 0.25) is 0 Å². The van der Waals surface area contributed by atoms with E-state index >= 15 is 0 Å². The molecule has 1 aromatic rings. The molecule has 0 radical (unpaired) electrons. The van der Waals surface area contributed by atoms with Gasteiger partial charge in [-0.25, -0.2) is 14.8 Å². The SMILES string of the molecule is CCOC(=O)/C(S)=C(/N)c1ccncn1. The molecule has 0 aromatic carbocycles. The number of esters is 1. The van der Waals surface area contributed by atoms with Gasteiger partial charge in [0.1, 0.15) is 11.2 Å². The summed E-state index contributed by atoms with van der Waals surface area (Å²) in [6.45, 7) is 1.99. The Hall–Kier alpha value is -1.56. The molecule has 80 valence electrons. The lowest BCUT2D eigenvalue weighted by Gasteiger charge is -2.05. The predicted molar refractivity (Wildman–Crippen MR) is 58.8 cm³/mol. The van der Waals surface area contributed by atoms with Gasteiger partial charge < -0.3 is 10.5 Å². The third-order valence-corrected chi connectivity index (χ3v) is 2.01. The summed E-state index contributed by atoms with van der Waals surface area (Å²) < 4.78 is 4.75. The summed E-state index contributed by atoms with van der Waals surface area (Å²) >= 11 is 3.98. The van der Waals surface area contributed by atoms with Gasteiger partial charge in [-0.1, -0.05) is 0 Å². The molecule has 2 N–H and O–H groups in total. The molecule has 1 heterocycles. The van der Waals surface area contributed by atoms with Crippen molar-refractivity contribution in [2.75, 3.05) is 6.61 Å². The van der Waals surface area contributed by atoms with Crippen molar-refractivity contribution in [3.05, 3.63) is 29.2 Å². The second-order valence-corrected chi connectivity index (χ2v) is 3.02. The number of nitrogens with zero attached hydrogens (tertiary/aromatic N) is 2. The number of nitrogens with two attached hydrogens (primary N) is 1. The fraction of sp³-hybridized carbons (Fsp3) is 0.222. The van der Waals surface area contributed by atoms with Crippen LogP contribution in [0.1, 0.15) is 12.6 Å². The van der Waals surface area contributed by atoms with E-state index in [0.717, 1.165) is 0 Å². The third kappa shape index (κ3) is 2.95. The second kappa shape index (κ2) is 5.35. The number of carbonyl (C=O) groups is 1. The minimum absolute atomic E-state index is 0.0514. The Balaban J connectivity index is 2.95. The molecular formula is C9H11N3O2S. The van der Waals surface area contributed by atoms with Crippen molar-refractivity contribution >= 4 is 24.3 Å². The first-order chi connectivity index (χ1) is 7.16. The monoisotopic (exact) mass is 225 g/mol. The Morgan fingerprint density at radius 2 is 2.40 bits per heavy atom.